The number of nitrogens with one attached hydrogen (secondary N) is 1. The van der Waals surface area contributed by atoms with E-state index < -0.39 is 0 Å². The van der Waals surface area contributed by atoms with E-state index in [9.17, 15) is 10.1 Å². The minimum absolute atomic E-state index is 0.0413. The molecule has 3 aromatic rings. The van der Waals surface area contributed by atoms with Gasteiger partial charge in [0.05, 0.1) is 31.6 Å². The molecule has 4 rings (SSSR count). The smallest absolute Gasteiger partial charge is 0.272 e. The van der Waals surface area contributed by atoms with E-state index in [2.05, 4.69) is 26.3 Å². The molecule has 1 aliphatic rings. The average molecular weight is 475 g/mol. The number of hydrogen-bond donors (Lipinski definition) is 1. The van der Waals surface area contributed by atoms with Gasteiger partial charge in [0.25, 0.3) is 5.91 Å². The van der Waals surface area contributed by atoms with Crippen LogP contribution in [0.1, 0.15) is 28.9 Å². The third-order valence-electron chi connectivity index (χ3n) is 5.44. The van der Waals surface area contributed by atoms with Gasteiger partial charge >= 0.3 is 0 Å². The molecule has 180 valence electrons. The topological polar surface area (TPSA) is 122 Å². The van der Waals surface area contributed by atoms with Crippen LogP contribution in [0.4, 0.5) is 11.6 Å². The van der Waals surface area contributed by atoms with E-state index in [1.165, 1.54) is 12.0 Å². The molecule has 35 heavy (non-hydrogen) atoms. The number of anilines is 2. The lowest BCUT2D eigenvalue weighted by Crippen LogP contribution is -2.26. The molecule has 1 fully saturated rings. The molecule has 10 nitrogen and oxygen atoms in total. The Morgan fingerprint density at radius 2 is 1.97 bits per heavy atom. The normalized spacial score (nSPS) is 13.5. The molecule has 0 radical (unpaired) electrons. The number of nitrogens with zero attached hydrogens (tertiary/aromatic N) is 5. The number of carbonyl (C=O) groups excluding carboxylic acids is 1. The molecular formula is C25H26N6O4. The molecule has 1 saturated heterocycles. The standard InChI is InChI=1S/C25H26N6O4/c1-31(2)24(32)21-6-5-20(23(28-21)33-3)30-25-27-11-8-19(29-25)16-4-7-22(17(14-16)15-26)35-18-9-12-34-13-10-18/h4-8,11,14,18H,9-10,12-13H2,1-3H3,(H,27,29,30). The summed E-state index contributed by atoms with van der Waals surface area (Å²) in [5.74, 6) is 0.882. The molecule has 1 aliphatic heterocycles. The van der Waals surface area contributed by atoms with Crippen molar-refractivity contribution in [2.45, 2.75) is 18.9 Å². The van der Waals surface area contributed by atoms with Gasteiger partial charge in [0, 0.05) is 38.7 Å². The summed E-state index contributed by atoms with van der Waals surface area (Å²) in [7, 11) is 4.79. The second kappa shape index (κ2) is 10.8. The van der Waals surface area contributed by atoms with Gasteiger partial charge in [-0.3, -0.25) is 4.79 Å². The first-order chi connectivity index (χ1) is 17.0. The molecule has 0 aliphatic carbocycles. The van der Waals surface area contributed by atoms with Crippen molar-refractivity contribution in [3.63, 3.8) is 0 Å². The number of amides is 1. The van der Waals surface area contributed by atoms with Crippen LogP contribution >= 0.6 is 0 Å². The Hall–Kier alpha value is -4.23. The monoisotopic (exact) mass is 474 g/mol. The summed E-state index contributed by atoms with van der Waals surface area (Å²) in [6.45, 7) is 1.33. The summed E-state index contributed by atoms with van der Waals surface area (Å²) in [5.41, 5.74) is 2.59. The molecule has 0 saturated carbocycles. The summed E-state index contributed by atoms with van der Waals surface area (Å²) >= 11 is 0. The van der Waals surface area contributed by atoms with Crippen LogP contribution in [0, 0.1) is 11.3 Å². The van der Waals surface area contributed by atoms with Crippen LogP contribution in [0.3, 0.4) is 0 Å². The lowest BCUT2D eigenvalue weighted by molar-refractivity contribution is 0.0254. The van der Waals surface area contributed by atoms with Gasteiger partial charge in [0.15, 0.2) is 0 Å². The predicted octanol–water partition coefficient (Wildman–Crippen LogP) is 3.42. The highest BCUT2D eigenvalue weighted by Crippen LogP contribution is 2.29. The molecule has 0 unspecified atom stereocenters. The largest absolute Gasteiger partial charge is 0.489 e. The zero-order valence-electron chi connectivity index (χ0n) is 19.8. The zero-order chi connectivity index (χ0) is 24.8. The van der Waals surface area contributed by atoms with Crippen LogP contribution in [-0.4, -0.2) is 66.3 Å². The Balaban J connectivity index is 1.55. The van der Waals surface area contributed by atoms with Gasteiger partial charge in [-0.25, -0.2) is 15.0 Å². The highest BCUT2D eigenvalue weighted by Gasteiger charge is 2.18. The number of rotatable bonds is 7. The molecule has 2 aromatic heterocycles. The van der Waals surface area contributed by atoms with Crippen LogP contribution in [0.5, 0.6) is 11.6 Å². The number of hydrogen-bond acceptors (Lipinski definition) is 9. The highest BCUT2D eigenvalue weighted by atomic mass is 16.5. The van der Waals surface area contributed by atoms with Crippen LogP contribution < -0.4 is 14.8 Å². The fraction of sp³-hybridized carbons (Fsp3) is 0.320. The van der Waals surface area contributed by atoms with E-state index in [0.717, 1.165) is 18.4 Å². The van der Waals surface area contributed by atoms with Crippen molar-refractivity contribution in [2.75, 3.05) is 39.7 Å². The second-order valence-corrected chi connectivity index (χ2v) is 8.10. The third kappa shape index (κ3) is 5.65. The van der Waals surface area contributed by atoms with Crippen LogP contribution in [0.2, 0.25) is 0 Å². The van der Waals surface area contributed by atoms with E-state index in [-0.39, 0.29) is 23.6 Å². The minimum Gasteiger partial charge on any atom is -0.489 e. The number of carbonyl (C=O) groups is 1. The second-order valence-electron chi connectivity index (χ2n) is 8.10. The Morgan fingerprint density at radius 3 is 2.69 bits per heavy atom. The maximum atomic E-state index is 12.2. The summed E-state index contributed by atoms with van der Waals surface area (Å²) in [4.78, 5) is 26.8. The third-order valence-corrected chi connectivity index (χ3v) is 5.44. The van der Waals surface area contributed by atoms with Gasteiger partial charge in [0.1, 0.15) is 29.3 Å². The number of pyridine rings is 1. The quantitative estimate of drug-likeness (QED) is 0.549. The van der Waals surface area contributed by atoms with E-state index >= 15 is 0 Å². The van der Waals surface area contributed by atoms with Crippen molar-refractivity contribution in [1.29, 1.82) is 5.26 Å². The first-order valence-electron chi connectivity index (χ1n) is 11.1. The molecule has 0 bridgehead atoms. The summed E-state index contributed by atoms with van der Waals surface area (Å²) in [6.07, 6.45) is 3.26. The molecule has 1 amide bonds. The number of nitriles is 1. The first-order valence-corrected chi connectivity index (χ1v) is 11.1. The summed E-state index contributed by atoms with van der Waals surface area (Å²) in [5, 5.41) is 12.8. The molecule has 1 N–H and O–H groups in total. The number of ether oxygens (including phenoxy) is 3. The number of benzene rings is 1. The van der Waals surface area contributed by atoms with Crippen LogP contribution in [-0.2, 0) is 4.74 Å². The highest BCUT2D eigenvalue weighted by molar-refractivity contribution is 5.92. The van der Waals surface area contributed by atoms with Crippen LogP contribution in [0.15, 0.2) is 42.6 Å². The maximum Gasteiger partial charge on any atom is 0.272 e. The van der Waals surface area contributed by atoms with Gasteiger partial charge in [-0.05, 0) is 36.4 Å². The summed E-state index contributed by atoms with van der Waals surface area (Å²) in [6, 6.07) is 12.7. The van der Waals surface area contributed by atoms with Gasteiger partial charge in [0.2, 0.25) is 11.8 Å². The molecule has 1 aromatic carbocycles. The average Bonchev–Trinajstić information content (AvgIpc) is 2.89. The Labute approximate surface area is 203 Å². The SMILES string of the molecule is COc1nc(C(=O)N(C)C)ccc1Nc1nccc(-c2ccc(OC3CCOCC3)c(C#N)c2)n1. The van der Waals surface area contributed by atoms with Gasteiger partial charge in [-0.2, -0.15) is 5.26 Å². The fourth-order valence-electron chi connectivity index (χ4n) is 3.59. The van der Waals surface area contributed by atoms with Crippen molar-refractivity contribution in [1.82, 2.24) is 19.9 Å². The predicted molar refractivity (Wildman–Crippen MR) is 129 cm³/mol. The molecule has 3 heterocycles. The van der Waals surface area contributed by atoms with E-state index in [4.69, 9.17) is 14.2 Å². The Morgan fingerprint density at radius 1 is 1.17 bits per heavy atom. The minimum atomic E-state index is -0.231. The van der Waals surface area contributed by atoms with Crippen molar-refractivity contribution in [2.24, 2.45) is 0 Å². The Bertz CT molecular complexity index is 1250. The zero-order valence-corrected chi connectivity index (χ0v) is 19.8. The van der Waals surface area contributed by atoms with Crippen molar-refractivity contribution >= 4 is 17.5 Å². The van der Waals surface area contributed by atoms with Gasteiger partial charge in [-0.1, -0.05) is 0 Å². The molecule has 10 heteroatoms. The molecule has 0 spiro atoms. The van der Waals surface area contributed by atoms with Crippen molar-refractivity contribution < 1.29 is 19.0 Å². The van der Waals surface area contributed by atoms with Crippen LogP contribution in [0.25, 0.3) is 11.3 Å². The number of aromatic nitrogens is 3. The van der Waals surface area contributed by atoms with E-state index in [1.807, 2.05) is 6.07 Å². The lowest BCUT2D eigenvalue weighted by atomic mass is 10.1. The Kier molecular flexibility index (Phi) is 7.38. The molecule has 0 atom stereocenters. The maximum absolute atomic E-state index is 12.2. The fourth-order valence-corrected chi connectivity index (χ4v) is 3.59. The van der Waals surface area contributed by atoms with E-state index in [1.54, 1.807) is 50.6 Å². The lowest BCUT2D eigenvalue weighted by Gasteiger charge is -2.23. The molecular weight excluding hydrogens is 448 g/mol. The van der Waals surface area contributed by atoms with Gasteiger partial charge in [-0.15, -0.1) is 0 Å². The van der Waals surface area contributed by atoms with Crippen molar-refractivity contribution in [3.05, 3.63) is 53.9 Å². The van der Waals surface area contributed by atoms with Gasteiger partial charge < -0.3 is 24.4 Å². The van der Waals surface area contributed by atoms with Crippen molar-refractivity contribution in [3.8, 4) is 29.0 Å². The van der Waals surface area contributed by atoms with E-state index in [0.29, 0.717) is 41.9 Å². The summed E-state index contributed by atoms with van der Waals surface area (Å²) < 4.78 is 16.8. The number of methoxy groups -OCH3 is 1. The first kappa shape index (κ1) is 23.9.